The molecule has 1 heterocycles. The zero-order valence-corrected chi connectivity index (χ0v) is 8.67. The van der Waals surface area contributed by atoms with E-state index in [9.17, 15) is 4.79 Å². The molecule has 4 heteroatoms. The fourth-order valence-electron chi connectivity index (χ4n) is 0.345. The highest BCUT2D eigenvalue weighted by Gasteiger charge is 1.86. The summed E-state index contributed by atoms with van der Waals surface area (Å²) in [7, 11) is 0. The number of rotatable bonds is 2. The summed E-state index contributed by atoms with van der Waals surface area (Å²) in [6.45, 7) is 4.25. The minimum absolute atomic E-state index is 0.610. The van der Waals surface area contributed by atoms with Crippen LogP contribution in [0.1, 0.15) is 20.3 Å². The van der Waals surface area contributed by atoms with E-state index in [0.717, 1.165) is 0 Å². The van der Waals surface area contributed by atoms with E-state index in [2.05, 4.69) is 37.0 Å². The molecule has 0 aliphatic carbocycles. The standard InChI is InChI=1S/C4H4N2OS.C3H8.C2H2/c7-3-6-4-5-1-2-8-4;1-3-2;1-2/h1-3H,(H,5,6,7);3H2,1-2H3;1-2H. The number of terminal acetylenes is 1. The van der Waals surface area contributed by atoms with Gasteiger partial charge in [0.15, 0.2) is 5.13 Å². The molecule has 1 rings (SSSR count). The van der Waals surface area contributed by atoms with Gasteiger partial charge >= 0.3 is 0 Å². The molecule has 0 aliphatic rings. The molecule has 0 radical (unpaired) electrons. The quantitative estimate of drug-likeness (QED) is 0.585. The number of nitrogens with one attached hydrogen (secondary N) is 1. The summed E-state index contributed by atoms with van der Waals surface area (Å²) in [5.74, 6) is 0. The number of carbonyl (C=O) groups excluding carboxylic acids is 1. The number of hydrogen-bond donors (Lipinski definition) is 1. The Bertz CT molecular complexity index is 207. The lowest BCUT2D eigenvalue weighted by atomic mass is 10.6. The number of aromatic nitrogens is 1. The van der Waals surface area contributed by atoms with E-state index < -0.39 is 0 Å². The maximum absolute atomic E-state index is 9.73. The van der Waals surface area contributed by atoms with Gasteiger partial charge < -0.3 is 5.32 Å². The first kappa shape index (κ1) is 14.2. The Morgan fingerprint density at radius 1 is 1.62 bits per heavy atom. The molecule has 1 N–H and O–H groups in total. The summed E-state index contributed by atoms with van der Waals surface area (Å²) in [6, 6.07) is 0. The van der Waals surface area contributed by atoms with Gasteiger partial charge in [-0.1, -0.05) is 20.3 Å². The van der Waals surface area contributed by atoms with Crippen molar-refractivity contribution >= 4 is 22.9 Å². The van der Waals surface area contributed by atoms with Gasteiger partial charge in [-0.25, -0.2) is 4.98 Å². The topological polar surface area (TPSA) is 42.0 Å². The molecular weight excluding hydrogens is 184 g/mol. The maximum atomic E-state index is 9.73. The minimum Gasteiger partial charge on any atom is -0.305 e. The highest BCUT2D eigenvalue weighted by atomic mass is 32.1. The van der Waals surface area contributed by atoms with Crippen LogP contribution < -0.4 is 5.32 Å². The number of amides is 1. The lowest BCUT2D eigenvalue weighted by Crippen LogP contribution is -1.90. The summed E-state index contributed by atoms with van der Waals surface area (Å²) in [4.78, 5) is 13.5. The fourth-order valence-corrected chi connectivity index (χ4v) is 0.834. The molecule has 0 unspecified atom stereocenters. The average molecular weight is 198 g/mol. The lowest BCUT2D eigenvalue weighted by molar-refractivity contribution is -0.105. The van der Waals surface area contributed by atoms with Gasteiger partial charge in [0.05, 0.1) is 0 Å². The lowest BCUT2D eigenvalue weighted by Gasteiger charge is -1.82. The summed E-state index contributed by atoms with van der Waals surface area (Å²) in [6.07, 6.45) is 11.5. The third kappa shape index (κ3) is 10.7. The predicted octanol–water partition coefficient (Wildman–Crippen LogP) is 2.38. The van der Waals surface area contributed by atoms with Crippen LogP contribution in [0.4, 0.5) is 5.13 Å². The van der Waals surface area contributed by atoms with Crippen LogP contribution in [0.15, 0.2) is 11.6 Å². The third-order valence-corrected chi connectivity index (χ3v) is 1.32. The molecule has 3 nitrogen and oxygen atoms in total. The molecule has 1 amide bonds. The molecule has 0 aromatic carbocycles. The molecule has 0 spiro atoms. The molecule has 0 saturated carbocycles. The molecule has 0 saturated heterocycles. The van der Waals surface area contributed by atoms with E-state index in [4.69, 9.17) is 0 Å². The Kier molecular flexibility index (Phi) is 14.5. The Balaban J connectivity index is 0. The normalized spacial score (nSPS) is 6.77. The largest absolute Gasteiger partial charge is 0.305 e. The van der Waals surface area contributed by atoms with Crippen molar-refractivity contribution < 1.29 is 4.79 Å². The molecule has 1 aromatic rings. The van der Waals surface area contributed by atoms with Crippen molar-refractivity contribution in [2.75, 3.05) is 5.32 Å². The van der Waals surface area contributed by atoms with Gasteiger partial charge in [-0.05, 0) is 0 Å². The third-order valence-electron chi connectivity index (χ3n) is 0.615. The van der Waals surface area contributed by atoms with E-state index in [1.165, 1.54) is 17.8 Å². The van der Waals surface area contributed by atoms with Gasteiger partial charge in [-0.3, -0.25) is 4.79 Å². The highest BCUT2D eigenvalue weighted by molar-refractivity contribution is 7.13. The Hall–Kier alpha value is -1.34. The van der Waals surface area contributed by atoms with Gasteiger partial charge in [0, 0.05) is 11.6 Å². The Labute approximate surface area is 83.2 Å². The van der Waals surface area contributed by atoms with Gasteiger partial charge in [-0.15, -0.1) is 24.2 Å². The maximum Gasteiger partial charge on any atom is 0.213 e. The minimum atomic E-state index is 0.610. The number of thiazole rings is 1. The van der Waals surface area contributed by atoms with Crippen molar-refractivity contribution in [2.24, 2.45) is 0 Å². The fraction of sp³-hybridized carbons (Fsp3) is 0.333. The first-order valence-electron chi connectivity index (χ1n) is 3.78. The van der Waals surface area contributed by atoms with Gasteiger partial charge in [0.25, 0.3) is 0 Å². The molecule has 0 atom stereocenters. The van der Waals surface area contributed by atoms with E-state index in [1.807, 2.05) is 0 Å². The van der Waals surface area contributed by atoms with Crippen molar-refractivity contribution in [1.82, 2.24) is 4.98 Å². The van der Waals surface area contributed by atoms with Crippen LogP contribution >= 0.6 is 11.3 Å². The zero-order chi connectivity index (χ0) is 10.5. The Morgan fingerprint density at radius 2 is 2.15 bits per heavy atom. The van der Waals surface area contributed by atoms with Crippen molar-refractivity contribution in [1.29, 1.82) is 0 Å². The highest BCUT2D eigenvalue weighted by Crippen LogP contribution is 2.07. The van der Waals surface area contributed by atoms with Crippen LogP contribution in [0.5, 0.6) is 0 Å². The van der Waals surface area contributed by atoms with Gasteiger partial charge in [0.2, 0.25) is 6.41 Å². The van der Waals surface area contributed by atoms with Gasteiger partial charge in [-0.2, -0.15) is 0 Å². The van der Waals surface area contributed by atoms with E-state index in [1.54, 1.807) is 11.6 Å². The second-order valence-electron chi connectivity index (χ2n) is 1.81. The number of hydrogen-bond acceptors (Lipinski definition) is 3. The van der Waals surface area contributed by atoms with Crippen LogP contribution in [0.3, 0.4) is 0 Å². The first-order valence-corrected chi connectivity index (χ1v) is 4.66. The molecule has 72 valence electrons. The average Bonchev–Trinajstić information content (AvgIpc) is 2.63. The number of carbonyl (C=O) groups is 1. The van der Waals surface area contributed by atoms with E-state index in [-0.39, 0.29) is 0 Å². The van der Waals surface area contributed by atoms with Crippen LogP contribution in [0, 0.1) is 12.8 Å². The summed E-state index contributed by atoms with van der Waals surface area (Å²) >= 11 is 1.39. The smallest absolute Gasteiger partial charge is 0.213 e. The molecule has 0 bridgehead atoms. The second kappa shape index (κ2) is 13.3. The molecule has 0 aliphatic heterocycles. The van der Waals surface area contributed by atoms with Crippen molar-refractivity contribution in [2.45, 2.75) is 20.3 Å². The van der Waals surface area contributed by atoms with Crippen LogP contribution in [-0.4, -0.2) is 11.4 Å². The van der Waals surface area contributed by atoms with Gasteiger partial charge in [0.1, 0.15) is 0 Å². The zero-order valence-electron chi connectivity index (χ0n) is 7.86. The van der Waals surface area contributed by atoms with E-state index in [0.29, 0.717) is 11.5 Å². The summed E-state index contributed by atoms with van der Waals surface area (Å²) in [5, 5.41) is 4.85. The van der Waals surface area contributed by atoms with Crippen molar-refractivity contribution in [3.63, 3.8) is 0 Å². The molecule has 1 aromatic heterocycles. The monoisotopic (exact) mass is 198 g/mol. The van der Waals surface area contributed by atoms with Crippen LogP contribution in [-0.2, 0) is 4.79 Å². The summed E-state index contributed by atoms with van der Waals surface area (Å²) < 4.78 is 0. The van der Waals surface area contributed by atoms with Crippen molar-refractivity contribution in [3.05, 3.63) is 11.6 Å². The Morgan fingerprint density at radius 3 is 2.46 bits per heavy atom. The molecular formula is C9H14N2OS. The molecule has 13 heavy (non-hydrogen) atoms. The van der Waals surface area contributed by atoms with Crippen LogP contribution in [0.25, 0.3) is 0 Å². The molecule has 0 fully saturated rings. The predicted molar refractivity (Wildman–Crippen MR) is 57.7 cm³/mol. The van der Waals surface area contributed by atoms with Crippen LogP contribution in [0.2, 0.25) is 0 Å². The first-order chi connectivity index (χ1) is 6.35. The summed E-state index contributed by atoms with van der Waals surface area (Å²) in [5.41, 5.74) is 0. The second-order valence-corrected chi connectivity index (χ2v) is 2.70. The number of nitrogens with zero attached hydrogens (tertiary/aromatic N) is 1. The van der Waals surface area contributed by atoms with E-state index >= 15 is 0 Å². The van der Waals surface area contributed by atoms with Crippen molar-refractivity contribution in [3.8, 4) is 12.8 Å². The number of anilines is 1. The SMILES string of the molecule is C#C.CCC.O=CNc1nccs1.